The van der Waals surface area contributed by atoms with Crippen molar-refractivity contribution in [1.82, 2.24) is 15.2 Å². The Balaban J connectivity index is 1.78. The number of urea groups is 1. The van der Waals surface area contributed by atoms with Crippen LogP contribution in [0.25, 0.3) is 10.9 Å². The van der Waals surface area contributed by atoms with Gasteiger partial charge in [0.15, 0.2) is 0 Å². The first kappa shape index (κ1) is 14.4. The molecule has 2 rings (SSSR count). The third-order valence-electron chi connectivity index (χ3n) is 3.03. The summed E-state index contributed by atoms with van der Waals surface area (Å²) in [7, 11) is 0. The lowest BCUT2D eigenvalue weighted by molar-refractivity contribution is 0.232. The molecule has 1 heterocycles. The Hall–Kier alpha value is -1.97. The molecule has 0 aliphatic rings. The van der Waals surface area contributed by atoms with Gasteiger partial charge in [-0.05, 0) is 44.7 Å². The molecule has 4 heteroatoms. The molecule has 0 unspecified atom stereocenters. The van der Waals surface area contributed by atoms with Crippen LogP contribution in [0.15, 0.2) is 36.5 Å². The molecule has 1 aromatic heterocycles. The standard InChI is InChI=1S/C16H23N3O/c1-16(2,3)18-15(20)17-10-6-11-19-12-9-13-7-4-5-8-14(13)19/h4-5,7-9,12H,6,10-11H2,1-3H3,(H2,17,18,20). The highest BCUT2D eigenvalue weighted by molar-refractivity contribution is 5.79. The Kier molecular flexibility index (Phi) is 4.32. The van der Waals surface area contributed by atoms with Gasteiger partial charge in [-0.15, -0.1) is 0 Å². The van der Waals surface area contributed by atoms with E-state index in [9.17, 15) is 4.79 Å². The predicted octanol–water partition coefficient (Wildman–Crippen LogP) is 3.13. The zero-order valence-electron chi connectivity index (χ0n) is 12.4. The first-order chi connectivity index (χ1) is 9.46. The Bertz CT molecular complexity index is 581. The van der Waals surface area contributed by atoms with E-state index in [1.165, 1.54) is 10.9 Å². The summed E-state index contributed by atoms with van der Waals surface area (Å²) < 4.78 is 2.22. The number of para-hydroxylation sites is 1. The number of aryl methyl sites for hydroxylation is 1. The number of hydrogen-bond donors (Lipinski definition) is 2. The number of fused-ring (bicyclic) bond motifs is 1. The number of rotatable bonds is 4. The van der Waals surface area contributed by atoms with E-state index in [0.717, 1.165) is 13.0 Å². The number of carbonyl (C=O) groups excluding carboxylic acids is 1. The summed E-state index contributed by atoms with van der Waals surface area (Å²) in [6.45, 7) is 7.49. The van der Waals surface area contributed by atoms with E-state index in [0.29, 0.717) is 6.54 Å². The number of hydrogen-bond acceptors (Lipinski definition) is 1. The van der Waals surface area contributed by atoms with Crippen molar-refractivity contribution in [3.63, 3.8) is 0 Å². The molecule has 2 N–H and O–H groups in total. The summed E-state index contributed by atoms with van der Waals surface area (Å²) in [5.74, 6) is 0. The van der Waals surface area contributed by atoms with Crippen LogP contribution >= 0.6 is 0 Å². The van der Waals surface area contributed by atoms with Crippen LogP contribution in [0.3, 0.4) is 0 Å². The number of carbonyl (C=O) groups is 1. The smallest absolute Gasteiger partial charge is 0.315 e. The molecule has 20 heavy (non-hydrogen) atoms. The van der Waals surface area contributed by atoms with Crippen LogP contribution in [0.2, 0.25) is 0 Å². The van der Waals surface area contributed by atoms with Gasteiger partial charge in [0.2, 0.25) is 0 Å². The second-order valence-electron chi connectivity index (χ2n) is 6.05. The molecule has 0 radical (unpaired) electrons. The van der Waals surface area contributed by atoms with Crippen LogP contribution in [-0.2, 0) is 6.54 Å². The number of nitrogens with one attached hydrogen (secondary N) is 2. The van der Waals surface area contributed by atoms with Gasteiger partial charge < -0.3 is 15.2 Å². The Labute approximate surface area is 120 Å². The molecule has 0 spiro atoms. The zero-order chi connectivity index (χ0) is 14.6. The van der Waals surface area contributed by atoms with Crippen LogP contribution in [0.5, 0.6) is 0 Å². The SMILES string of the molecule is CC(C)(C)NC(=O)NCCCn1ccc2ccccc21. The Morgan fingerprint density at radius 3 is 2.70 bits per heavy atom. The Morgan fingerprint density at radius 1 is 1.20 bits per heavy atom. The van der Waals surface area contributed by atoms with Gasteiger partial charge in [0, 0.05) is 30.3 Å². The van der Waals surface area contributed by atoms with Crippen molar-refractivity contribution in [3.8, 4) is 0 Å². The van der Waals surface area contributed by atoms with Crippen molar-refractivity contribution in [1.29, 1.82) is 0 Å². The molecular weight excluding hydrogens is 250 g/mol. The van der Waals surface area contributed by atoms with Crippen molar-refractivity contribution in [2.45, 2.75) is 39.3 Å². The summed E-state index contributed by atoms with van der Waals surface area (Å²) in [6.07, 6.45) is 3.01. The topological polar surface area (TPSA) is 46.1 Å². The lowest BCUT2D eigenvalue weighted by Gasteiger charge is -2.20. The van der Waals surface area contributed by atoms with Crippen molar-refractivity contribution < 1.29 is 4.79 Å². The normalized spacial score (nSPS) is 11.6. The first-order valence-corrected chi connectivity index (χ1v) is 7.06. The lowest BCUT2D eigenvalue weighted by Crippen LogP contribution is -2.46. The first-order valence-electron chi connectivity index (χ1n) is 7.06. The molecule has 0 aliphatic heterocycles. The molecule has 0 saturated carbocycles. The minimum Gasteiger partial charge on any atom is -0.347 e. The number of nitrogens with zero attached hydrogens (tertiary/aromatic N) is 1. The van der Waals surface area contributed by atoms with Crippen molar-refractivity contribution in [2.75, 3.05) is 6.54 Å². The molecule has 0 aliphatic carbocycles. The van der Waals surface area contributed by atoms with Gasteiger partial charge in [-0.1, -0.05) is 18.2 Å². The maximum Gasteiger partial charge on any atom is 0.315 e. The van der Waals surface area contributed by atoms with Crippen LogP contribution in [-0.4, -0.2) is 22.7 Å². The maximum absolute atomic E-state index is 11.6. The van der Waals surface area contributed by atoms with Crippen molar-refractivity contribution >= 4 is 16.9 Å². The molecule has 108 valence electrons. The average Bonchev–Trinajstić information content (AvgIpc) is 2.76. The number of aromatic nitrogens is 1. The largest absolute Gasteiger partial charge is 0.347 e. The summed E-state index contributed by atoms with van der Waals surface area (Å²) in [6, 6.07) is 10.3. The van der Waals surface area contributed by atoms with Gasteiger partial charge in [0.1, 0.15) is 0 Å². The van der Waals surface area contributed by atoms with Gasteiger partial charge in [-0.2, -0.15) is 0 Å². The Morgan fingerprint density at radius 2 is 1.95 bits per heavy atom. The average molecular weight is 273 g/mol. The molecule has 0 bridgehead atoms. The van der Waals surface area contributed by atoms with Gasteiger partial charge >= 0.3 is 6.03 Å². The van der Waals surface area contributed by atoms with Crippen LogP contribution in [0.1, 0.15) is 27.2 Å². The van der Waals surface area contributed by atoms with E-state index < -0.39 is 0 Å². The maximum atomic E-state index is 11.6. The number of benzene rings is 1. The molecule has 2 aromatic rings. The monoisotopic (exact) mass is 273 g/mol. The molecule has 4 nitrogen and oxygen atoms in total. The summed E-state index contributed by atoms with van der Waals surface area (Å²) >= 11 is 0. The summed E-state index contributed by atoms with van der Waals surface area (Å²) in [4.78, 5) is 11.6. The second-order valence-corrected chi connectivity index (χ2v) is 6.05. The summed E-state index contributed by atoms with van der Waals surface area (Å²) in [5.41, 5.74) is 1.05. The van der Waals surface area contributed by atoms with Crippen LogP contribution in [0.4, 0.5) is 4.79 Å². The third kappa shape index (κ3) is 4.02. The van der Waals surface area contributed by atoms with E-state index >= 15 is 0 Å². The fourth-order valence-electron chi connectivity index (χ4n) is 2.17. The minimum atomic E-state index is -0.194. The fraction of sp³-hybridized carbons (Fsp3) is 0.438. The molecule has 0 saturated heterocycles. The van der Waals surface area contributed by atoms with Gasteiger partial charge in [-0.3, -0.25) is 0 Å². The molecular formula is C16H23N3O. The molecule has 1 aromatic carbocycles. The second kappa shape index (κ2) is 5.99. The quantitative estimate of drug-likeness (QED) is 0.826. The van der Waals surface area contributed by atoms with E-state index in [2.05, 4.69) is 39.6 Å². The lowest BCUT2D eigenvalue weighted by atomic mass is 10.1. The predicted molar refractivity (Wildman–Crippen MR) is 82.8 cm³/mol. The van der Waals surface area contributed by atoms with Crippen LogP contribution < -0.4 is 10.6 Å². The highest BCUT2D eigenvalue weighted by atomic mass is 16.2. The van der Waals surface area contributed by atoms with Gasteiger partial charge in [-0.25, -0.2) is 4.79 Å². The highest BCUT2D eigenvalue weighted by Gasteiger charge is 2.12. The minimum absolute atomic E-state index is 0.102. The van der Waals surface area contributed by atoms with E-state index in [1.54, 1.807) is 0 Å². The van der Waals surface area contributed by atoms with Gasteiger partial charge in [0.05, 0.1) is 0 Å². The third-order valence-corrected chi connectivity index (χ3v) is 3.03. The van der Waals surface area contributed by atoms with E-state index in [-0.39, 0.29) is 11.6 Å². The summed E-state index contributed by atoms with van der Waals surface area (Å²) in [5, 5.41) is 7.03. The van der Waals surface area contributed by atoms with E-state index in [4.69, 9.17) is 0 Å². The van der Waals surface area contributed by atoms with Gasteiger partial charge in [0.25, 0.3) is 0 Å². The molecule has 2 amide bonds. The van der Waals surface area contributed by atoms with E-state index in [1.807, 2.05) is 32.9 Å². The number of amides is 2. The molecule has 0 fully saturated rings. The van der Waals surface area contributed by atoms with Crippen LogP contribution in [0, 0.1) is 0 Å². The van der Waals surface area contributed by atoms with Crippen molar-refractivity contribution in [3.05, 3.63) is 36.5 Å². The zero-order valence-corrected chi connectivity index (χ0v) is 12.4. The molecule has 0 atom stereocenters. The fourth-order valence-corrected chi connectivity index (χ4v) is 2.17. The highest BCUT2D eigenvalue weighted by Crippen LogP contribution is 2.15. The van der Waals surface area contributed by atoms with Crippen molar-refractivity contribution in [2.24, 2.45) is 0 Å².